The number of nitrogens with two attached hydrogens (primary N) is 1. The number of hydrogen-bond donors (Lipinski definition) is 3. The first kappa shape index (κ1) is 16.6. The molecule has 0 atom stereocenters. The number of benzene rings is 1. The van der Waals surface area contributed by atoms with Crippen molar-refractivity contribution in [3.05, 3.63) is 29.8 Å². The SMILES string of the molecule is CCN(CC(N)=NO)C(=O)Nc1cccc(C(F)(F)F)c1. The third-order valence-corrected chi connectivity index (χ3v) is 2.59. The van der Waals surface area contributed by atoms with E-state index >= 15 is 0 Å². The Balaban J connectivity index is 2.82. The van der Waals surface area contributed by atoms with Crippen LogP contribution < -0.4 is 11.1 Å². The van der Waals surface area contributed by atoms with Crippen LogP contribution in [0, 0.1) is 0 Å². The Labute approximate surface area is 119 Å². The molecule has 0 bridgehead atoms. The Kier molecular flexibility index (Phi) is 5.39. The molecule has 1 aromatic carbocycles. The van der Waals surface area contributed by atoms with Gasteiger partial charge in [0.15, 0.2) is 5.84 Å². The van der Waals surface area contributed by atoms with Gasteiger partial charge in [0.25, 0.3) is 0 Å². The predicted molar refractivity (Wildman–Crippen MR) is 71.1 cm³/mol. The molecular weight excluding hydrogens is 289 g/mol. The fourth-order valence-corrected chi connectivity index (χ4v) is 1.53. The maximum Gasteiger partial charge on any atom is 0.416 e. The number of alkyl halides is 3. The van der Waals surface area contributed by atoms with Crippen molar-refractivity contribution in [2.45, 2.75) is 13.1 Å². The van der Waals surface area contributed by atoms with Crippen LogP contribution in [0.3, 0.4) is 0 Å². The summed E-state index contributed by atoms with van der Waals surface area (Å²) in [5.41, 5.74) is 4.44. The lowest BCUT2D eigenvalue weighted by molar-refractivity contribution is -0.137. The summed E-state index contributed by atoms with van der Waals surface area (Å²) in [6, 6.07) is 3.62. The number of anilines is 1. The zero-order chi connectivity index (χ0) is 16.0. The van der Waals surface area contributed by atoms with E-state index in [-0.39, 0.29) is 24.6 Å². The molecule has 0 aromatic heterocycles. The number of rotatable bonds is 4. The topological polar surface area (TPSA) is 90.9 Å². The number of hydrogen-bond acceptors (Lipinski definition) is 3. The predicted octanol–water partition coefficient (Wildman–Crippen LogP) is 2.31. The van der Waals surface area contributed by atoms with Crippen molar-refractivity contribution in [1.29, 1.82) is 0 Å². The maximum atomic E-state index is 12.6. The molecule has 0 saturated carbocycles. The highest BCUT2D eigenvalue weighted by molar-refractivity contribution is 5.93. The van der Waals surface area contributed by atoms with Gasteiger partial charge in [-0.3, -0.25) is 0 Å². The molecular formula is C12H15F3N4O2. The minimum Gasteiger partial charge on any atom is -0.409 e. The number of likely N-dealkylation sites (N-methyl/N-ethyl adjacent to an activating group) is 1. The molecule has 0 heterocycles. The summed E-state index contributed by atoms with van der Waals surface area (Å²) in [4.78, 5) is 13.1. The van der Waals surface area contributed by atoms with Crippen LogP contribution >= 0.6 is 0 Å². The van der Waals surface area contributed by atoms with Crippen molar-refractivity contribution in [3.8, 4) is 0 Å². The van der Waals surface area contributed by atoms with Crippen molar-refractivity contribution in [2.24, 2.45) is 10.9 Å². The lowest BCUT2D eigenvalue weighted by Gasteiger charge is -2.20. The molecule has 21 heavy (non-hydrogen) atoms. The van der Waals surface area contributed by atoms with Gasteiger partial charge in [-0.25, -0.2) is 4.79 Å². The van der Waals surface area contributed by atoms with Gasteiger partial charge < -0.3 is 21.2 Å². The molecule has 0 unspecified atom stereocenters. The normalized spacial score (nSPS) is 12.1. The molecule has 0 aliphatic heterocycles. The van der Waals surface area contributed by atoms with Crippen LogP contribution in [0.1, 0.15) is 12.5 Å². The second-order valence-corrected chi connectivity index (χ2v) is 4.11. The first-order valence-corrected chi connectivity index (χ1v) is 5.97. The Morgan fingerprint density at radius 3 is 2.67 bits per heavy atom. The van der Waals surface area contributed by atoms with E-state index in [2.05, 4.69) is 10.5 Å². The molecule has 0 fully saturated rings. The van der Waals surface area contributed by atoms with Crippen LogP contribution in [0.5, 0.6) is 0 Å². The first-order chi connectivity index (χ1) is 9.77. The smallest absolute Gasteiger partial charge is 0.409 e. The molecule has 1 aromatic rings. The molecule has 116 valence electrons. The largest absolute Gasteiger partial charge is 0.416 e. The van der Waals surface area contributed by atoms with Crippen molar-refractivity contribution in [1.82, 2.24) is 4.90 Å². The van der Waals surface area contributed by atoms with Crippen LogP contribution in [-0.2, 0) is 6.18 Å². The van der Waals surface area contributed by atoms with E-state index in [0.717, 1.165) is 12.1 Å². The molecule has 4 N–H and O–H groups in total. The Morgan fingerprint density at radius 2 is 2.14 bits per heavy atom. The third kappa shape index (κ3) is 4.86. The number of amidine groups is 1. The number of urea groups is 1. The molecule has 2 amide bonds. The van der Waals surface area contributed by atoms with Crippen LogP contribution in [0.4, 0.5) is 23.7 Å². The fraction of sp³-hybridized carbons (Fsp3) is 0.333. The lowest BCUT2D eigenvalue weighted by Crippen LogP contribution is -2.40. The Bertz CT molecular complexity index is 531. The second-order valence-electron chi connectivity index (χ2n) is 4.11. The molecule has 6 nitrogen and oxygen atoms in total. The monoisotopic (exact) mass is 304 g/mol. The van der Waals surface area contributed by atoms with Gasteiger partial charge in [-0.15, -0.1) is 0 Å². The molecule has 0 aliphatic rings. The Hall–Kier alpha value is -2.45. The summed E-state index contributed by atoms with van der Waals surface area (Å²) in [5, 5.41) is 13.5. The first-order valence-electron chi connectivity index (χ1n) is 5.97. The maximum absolute atomic E-state index is 12.6. The number of nitrogens with one attached hydrogen (secondary N) is 1. The molecule has 0 spiro atoms. The summed E-state index contributed by atoms with van der Waals surface area (Å²) >= 11 is 0. The van der Waals surface area contributed by atoms with Gasteiger partial charge in [0.1, 0.15) is 0 Å². The number of carbonyl (C=O) groups excluding carboxylic acids is 1. The van der Waals surface area contributed by atoms with E-state index in [1.54, 1.807) is 6.92 Å². The summed E-state index contributed by atoms with van der Waals surface area (Å²) in [7, 11) is 0. The average molecular weight is 304 g/mol. The highest BCUT2D eigenvalue weighted by Crippen LogP contribution is 2.30. The molecule has 1 rings (SSSR count). The zero-order valence-corrected chi connectivity index (χ0v) is 11.2. The van der Waals surface area contributed by atoms with Gasteiger partial charge in [0.05, 0.1) is 12.1 Å². The van der Waals surface area contributed by atoms with Gasteiger partial charge in [-0.1, -0.05) is 11.2 Å². The summed E-state index contributed by atoms with van der Waals surface area (Å²) < 4.78 is 37.7. The standard InChI is InChI=1S/C12H15F3N4O2/c1-2-19(7-10(16)18-21)11(20)17-9-5-3-4-8(6-9)12(13,14)15/h3-6,21H,2,7H2,1H3,(H2,16,18)(H,17,20). The summed E-state index contributed by atoms with van der Waals surface area (Å²) in [6.07, 6.45) is -4.49. The van der Waals surface area contributed by atoms with E-state index in [1.807, 2.05) is 0 Å². The van der Waals surface area contributed by atoms with Crippen molar-refractivity contribution >= 4 is 17.6 Å². The number of amides is 2. The van der Waals surface area contributed by atoms with Crippen LogP contribution in [0.15, 0.2) is 29.4 Å². The van der Waals surface area contributed by atoms with Gasteiger partial charge >= 0.3 is 12.2 Å². The van der Waals surface area contributed by atoms with Gasteiger partial charge in [0, 0.05) is 12.2 Å². The van der Waals surface area contributed by atoms with Crippen LogP contribution in [0.2, 0.25) is 0 Å². The van der Waals surface area contributed by atoms with Crippen molar-refractivity contribution in [3.63, 3.8) is 0 Å². The third-order valence-electron chi connectivity index (χ3n) is 2.59. The molecule has 0 radical (unpaired) electrons. The second kappa shape index (κ2) is 6.82. The summed E-state index contributed by atoms with van der Waals surface area (Å²) in [5.74, 6) is -0.184. The van der Waals surface area contributed by atoms with Gasteiger partial charge in [-0.05, 0) is 25.1 Å². The Morgan fingerprint density at radius 1 is 1.48 bits per heavy atom. The number of oxime groups is 1. The van der Waals surface area contributed by atoms with Crippen LogP contribution in [0.25, 0.3) is 0 Å². The molecule has 9 heteroatoms. The molecule has 0 aliphatic carbocycles. The average Bonchev–Trinajstić information content (AvgIpc) is 2.43. The number of nitrogens with zero attached hydrogens (tertiary/aromatic N) is 2. The van der Waals surface area contributed by atoms with E-state index in [4.69, 9.17) is 10.9 Å². The van der Waals surface area contributed by atoms with Crippen LogP contribution in [-0.4, -0.2) is 35.1 Å². The van der Waals surface area contributed by atoms with E-state index in [0.29, 0.717) is 0 Å². The van der Waals surface area contributed by atoms with Crippen molar-refractivity contribution in [2.75, 3.05) is 18.4 Å². The summed E-state index contributed by atoms with van der Waals surface area (Å²) in [6.45, 7) is 1.75. The zero-order valence-electron chi connectivity index (χ0n) is 11.2. The van der Waals surface area contributed by atoms with Crippen molar-refractivity contribution < 1.29 is 23.2 Å². The quantitative estimate of drug-likeness (QED) is 0.345. The lowest BCUT2D eigenvalue weighted by atomic mass is 10.2. The highest BCUT2D eigenvalue weighted by atomic mass is 19.4. The fourth-order valence-electron chi connectivity index (χ4n) is 1.53. The van der Waals surface area contributed by atoms with Gasteiger partial charge in [-0.2, -0.15) is 13.2 Å². The minimum atomic E-state index is -4.49. The minimum absolute atomic E-state index is 0.00721. The number of halogens is 3. The van der Waals surface area contributed by atoms with Gasteiger partial charge in [0.2, 0.25) is 0 Å². The molecule has 0 saturated heterocycles. The van der Waals surface area contributed by atoms with E-state index < -0.39 is 17.8 Å². The highest BCUT2D eigenvalue weighted by Gasteiger charge is 2.30. The van der Waals surface area contributed by atoms with E-state index in [1.165, 1.54) is 17.0 Å². The number of carbonyl (C=O) groups is 1. The van der Waals surface area contributed by atoms with E-state index in [9.17, 15) is 18.0 Å².